The number of ether oxygens (including phenoxy) is 2. The molecule has 1 amide bonds. The lowest BCUT2D eigenvalue weighted by molar-refractivity contribution is -0.119. The zero-order valence-corrected chi connectivity index (χ0v) is 16.0. The normalized spacial score (nSPS) is 13.6. The van der Waals surface area contributed by atoms with Gasteiger partial charge in [-0.1, -0.05) is 23.5 Å². The first-order valence-electron chi connectivity index (χ1n) is 8.65. The second kappa shape index (κ2) is 7.36. The van der Waals surface area contributed by atoms with E-state index in [1.54, 1.807) is 17.3 Å². The van der Waals surface area contributed by atoms with Crippen LogP contribution in [0.15, 0.2) is 48.7 Å². The van der Waals surface area contributed by atoms with Crippen molar-refractivity contribution in [3.05, 3.63) is 65.4 Å². The number of amides is 1. The third kappa shape index (κ3) is 3.50. The fraction of sp³-hybridized carbons (Fsp3) is 0.250. The quantitative estimate of drug-likeness (QED) is 0.689. The van der Waals surface area contributed by atoms with E-state index in [0.717, 1.165) is 21.3 Å². The Morgan fingerprint density at radius 1 is 1.26 bits per heavy atom. The number of aryl methyl sites for hydroxylation is 2. The van der Waals surface area contributed by atoms with E-state index >= 15 is 0 Å². The molecule has 3 heterocycles. The molecule has 0 saturated carbocycles. The van der Waals surface area contributed by atoms with Crippen molar-refractivity contribution >= 4 is 32.6 Å². The molecule has 0 saturated heterocycles. The summed E-state index contributed by atoms with van der Waals surface area (Å²) in [7, 11) is 0. The van der Waals surface area contributed by atoms with Crippen LogP contribution >= 0.6 is 11.3 Å². The smallest absolute Gasteiger partial charge is 0.298 e. The predicted octanol–water partition coefficient (Wildman–Crippen LogP) is 3.73. The van der Waals surface area contributed by atoms with E-state index in [0.29, 0.717) is 24.9 Å². The number of carbonyl (C=O) groups is 1. The fourth-order valence-corrected chi connectivity index (χ4v) is 3.87. The molecule has 0 atom stereocenters. The number of rotatable bonds is 4. The Morgan fingerprint density at radius 2 is 2.15 bits per heavy atom. The van der Waals surface area contributed by atoms with Crippen LogP contribution < -0.4 is 4.90 Å². The zero-order chi connectivity index (χ0) is 18.8. The number of hydrogen-bond acceptors (Lipinski definition) is 6. The highest BCUT2D eigenvalue weighted by Gasteiger charge is 2.26. The van der Waals surface area contributed by atoms with Crippen molar-refractivity contribution in [1.82, 2.24) is 9.97 Å². The van der Waals surface area contributed by atoms with Crippen molar-refractivity contribution in [1.29, 1.82) is 0 Å². The Balaban J connectivity index is 1.76. The summed E-state index contributed by atoms with van der Waals surface area (Å²) >= 11 is 1.49. The van der Waals surface area contributed by atoms with Crippen LogP contribution in [0.25, 0.3) is 10.2 Å². The molecule has 2 aromatic heterocycles. The van der Waals surface area contributed by atoms with E-state index in [9.17, 15) is 4.79 Å². The van der Waals surface area contributed by atoms with Crippen molar-refractivity contribution in [3.8, 4) is 0 Å². The maximum Gasteiger partial charge on any atom is 0.298 e. The zero-order valence-electron chi connectivity index (χ0n) is 15.1. The van der Waals surface area contributed by atoms with Gasteiger partial charge < -0.3 is 9.47 Å². The minimum atomic E-state index is -0.271. The van der Waals surface area contributed by atoms with Crippen molar-refractivity contribution in [2.24, 2.45) is 0 Å². The van der Waals surface area contributed by atoms with Crippen LogP contribution in [0, 0.1) is 13.8 Å². The number of hydrogen-bond donors (Lipinski definition) is 0. The van der Waals surface area contributed by atoms with E-state index in [4.69, 9.17) is 14.5 Å². The van der Waals surface area contributed by atoms with Gasteiger partial charge in [-0.25, -0.2) is 4.98 Å². The molecular weight excluding hydrogens is 362 g/mol. The Morgan fingerprint density at radius 3 is 2.89 bits per heavy atom. The molecule has 1 aliphatic rings. The van der Waals surface area contributed by atoms with Crippen molar-refractivity contribution in [2.75, 3.05) is 18.1 Å². The highest BCUT2D eigenvalue weighted by atomic mass is 32.1. The number of carbonyl (C=O) groups excluding carboxylic acids is 1. The first-order valence-corrected chi connectivity index (χ1v) is 9.47. The average Bonchev–Trinajstić information content (AvgIpc) is 3.15. The fourth-order valence-electron chi connectivity index (χ4n) is 2.84. The standard InChI is InChI=1S/C20H19N3O3S/c1-13-5-6-17-18(14(13)2)22-20(27-17)23(11-15-4-3-7-21-10-15)19(24)16-12-25-8-9-26-16/h3-7,10,12H,8-9,11H2,1-2H3. The second-order valence-electron chi connectivity index (χ2n) is 6.30. The van der Waals surface area contributed by atoms with Gasteiger partial charge in [0.1, 0.15) is 19.5 Å². The molecule has 27 heavy (non-hydrogen) atoms. The Kier molecular flexibility index (Phi) is 4.77. The lowest BCUT2D eigenvalue weighted by atomic mass is 10.1. The van der Waals surface area contributed by atoms with E-state index in [-0.39, 0.29) is 11.7 Å². The number of fused-ring (bicyclic) bond motifs is 1. The summed E-state index contributed by atoms with van der Waals surface area (Å²) in [6.07, 6.45) is 4.83. The molecule has 0 spiro atoms. The van der Waals surface area contributed by atoms with Crippen LogP contribution in [0.5, 0.6) is 0 Å². The lowest BCUT2D eigenvalue weighted by Crippen LogP contribution is -2.33. The van der Waals surface area contributed by atoms with Crippen LogP contribution in [0.4, 0.5) is 5.13 Å². The molecule has 6 nitrogen and oxygen atoms in total. The van der Waals surface area contributed by atoms with Gasteiger partial charge in [-0.05, 0) is 42.7 Å². The van der Waals surface area contributed by atoms with Crippen LogP contribution in [0.2, 0.25) is 0 Å². The Bertz CT molecular complexity index is 1010. The molecule has 1 aromatic carbocycles. The topological polar surface area (TPSA) is 64.6 Å². The molecule has 7 heteroatoms. The molecule has 0 radical (unpaired) electrons. The Labute approximate surface area is 161 Å². The van der Waals surface area contributed by atoms with Gasteiger partial charge in [0.15, 0.2) is 5.13 Å². The lowest BCUT2D eigenvalue weighted by Gasteiger charge is -2.23. The number of benzene rings is 1. The third-order valence-corrected chi connectivity index (χ3v) is 5.52. The summed E-state index contributed by atoms with van der Waals surface area (Å²) < 4.78 is 11.8. The number of pyridine rings is 1. The van der Waals surface area contributed by atoms with E-state index in [1.807, 2.05) is 18.2 Å². The minimum Gasteiger partial charge on any atom is -0.494 e. The predicted molar refractivity (Wildman–Crippen MR) is 105 cm³/mol. The maximum atomic E-state index is 13.1. The molecule has 0 bridgehead atoms. The van der Waals surface area contributed by atoms with Crippen LogP contribution in [0.3, 0.4) is 0 Å². The molecule has 1 aliphatic heterocycles. The van der Waals surface area contributed by atoms with Crippen molar-refractivity contribution < 1.29 is 14.3 Å². The molecule has 3 aromatic rings. The van der Waals surface area contributed by atoms with Crippen LogP contribution in [-0.2, 0) is 20.8 Å². The molecule has 4 rings (SSSR count). The molecule has 0 aliphatic carbocycles. The summed E-state index contributed by atoms with van der Waals surface area (Å²) in [5, 5.41) is 0.627. The van der Waals surface area contributed by atoms with Crippen LogP contribution in [-0.4, -0.2) is 29.1 Å². The SMILES string of the molecule is Cc1ccc2sc(N(Cc3cccnc3)C(=O)C3=COCCO3)nc2c1C. The first-order chi connectivity index (χ1) is 13.1. The molecule has 138 valence electrons. The summed E-state index contributed by atoms with van der Waals surface area (Å²) in [6.45, 7) is 5.26. The summed E-state index contributed by atoms with van der Waals surface area (Å²) in [5.74, 6) is -0.0794. The van der Waals surface area contributed by atoms with E-state index < -0.39 is 0 Å². The highest BCUT2D eigenvalue weighted by molar-refractivity contribution is 7.22. The number of nitrogens with zero attached hydrogens (tertiary/aromatic N) is 3. The van der Waals surface area contributed by atoms with Gasteiger partial charge in [-0.2, -0.15) is 0 Å². The van der Waals surface area contributed by atoms with Gasteiger partial charge in [-0.3, -0.25) is 14.7 Å². The molecule has 0 N–H and O–H groups in total. The molecule has 0 fully saturated rings. The van der Waals surface area contributed by atoms with Gasteiger partial charge in [0.05, 0.1) is 16.8 Å². The summed E-state index contributed by atoms with van der Waals surface area (Å²) in [6, 6.07) is 7.91. The first kappa shape index (κ1) is 17.5. The van der Waals surface area contributed by atoms with E-state index in [1.165, 1.54) is 23.2 Å². The van der Waals surface area contributed by atoms with Gasteiger partial charge in [-0.15, -0.1) is 0 Å². The second-order valence-corrected chi connectivity index (χ2v) is 7.31. The van der Waals surface area contributed by atoms with Crippen molar-refractivity contribution in [3.63, 3.8) is 0 Å². The Hall–Kier alpha value is -2.93. The maximum absolute atomic E-state index is 13.1. The van der Waals surface area contributed by atoms with Gasteiger partial charge in [0.2, 0.25) is 5.76 Å². The van der Waals surface area contributed by atoms with Gasteiger partial charge >= 0.3 is 0 Å². The largest absolute Gasteiger partial charge is 0.494 e. The number of thiazole rings is 1. The number of anilines is 1. The van der Waals surface area contributed by atoms with Gasteiger partial charge in [0.25, 0.3) is 5.91 Å². The highest BCUT2D eigenvalue weighted by Crippen LogP contribution is 2.33. The summed E-state index contributed by atoms with van der Waals surface area (Å²) in [4.78, 5) is 23.7. The third-order valence-electron chi connectivity index (χ3n) is 4.47. The molecular formula is C20H19N3O3S. The van der Waals surface area contributed by atoms with Crippen molar-refractivity contribution in [2.45, 2.75) is 20.4 Å². The van der Waals surface area contributed by atoms with E-state index in [2.05, 4.69) is 24.9 Å². The van der Waals surface area contributed by atoms with Gasteiger partial charge in [0, 0.05) is 12.4 Å². The minimum absolute atomic E-state index is 0.192. The number of aromatic nitrogens is 2. The monoisotopic (exact) mass is 381 g/mol. The summed E-state index contributed by atoms with van der Waals surface area (Å²) in [5.41, 5.74) is 4.14. The molecule has 0 unspecified atom stereocenters. The average molecular weight is 381 g/mol. The van der Waals surface area contributed by atoms with Crippen LogP contribution in [0.1, 0.15) is 16.7 Å².